The Bertz CT molecular complexity index is 661. The molecule has 0 aliphatic heterocycles. The second kappa shape index (κ2) is 20.3. The molecule has 0 saturated heterocycles. The van der Waals surface area contributed by atoms with E-state index in [0.29, 0.717) is 12.8 Å². The van der Waals surface area contributed by atoms with Crippen LogP contribution in [-0.2, 0) is 16.0 Å². The topological polar surface area (TPSA) is 61.4 Å². The van der Waals surface area contributed by atoms with Gasteiger partial charge in [-0.15, -0.1) is 0 Å². The fourth-order valence-corrected chi connectivity index (χ4v) is 4.10. The highest BCUT2D eigenvalue weighted by atomic mass is 16.2. The van der Waals surface area contributed by atoms with Gasteiger partial charge in [0.25, 0.3) is 0 Å². The third-order valence-electron chi connectivity index (χ3n) is 6.36. The van der Waals surface area contributed by atoms with Gasteiger partial charge in [-0.05, 0) is 30.5 Å². The SMILES string of the molecule is CCCCCCCCCCCCCCCCNC(=O)CNc1cccc(CCC(=O)N(C)C)c1. The lowest BCUT2D eigenvalue weighted by molar-refractivity contribution is -0.128. The summed E-state index contributed by atoms with van der Waals surface area (Å²) in [7, 11) is 3.55. The number of nitrogens with one attached hydrogen (secondary N) is 2. The maximum atomic E-state index is 12.1. The van der Waals surface area contributed by atoms with Crippen molar-refractivity contribution in [2.75, 3.05) is 32.5 Å². The Balaban J connectivity index is 1.96. The molecule has 1 rings (SSSR count). The highest BCUT2D eigenvalue weighted by Gasteiger charge is 2.06. The molecule has 0 saturated carbocycles. The van der Waals surface area contributed by atoms with Crippen LogP contribution in [0.5, 0.6) is 0 Å². The molecular formula is C29H51N3O2. The van der Waals surface area contributed by atoms with Crippen LogP contribution in [0.4, 0.5) is 5.69 Å². The summed E-state index contributed by atoms with van der Waals surface area (Å²) in [4.78, 5) is 25.5. The molecule has 0 spiro atoms. The molecule has 2 amide bonds. The Morgan fingerprint density at radius 1 is 0.794 bits per heavy atom. The van der Waals surface area contributed by atoms with Crippen molar-refractivity contribution in [2.24, 2.45) is 0 Å². The van der Waals surface area contributed by atoms with Gasteiger partial charge in [0.15, 0.2) is 0 Å². The first-order valence-electron chi connectivity index (χ1n) is 13.8. The smallest absolute Gasteiger partial charge is 0.239 e. The standard InChI is InChI=1S/C29H51N3O2/c1-4-5-6-7-8-9-10-11-12-13-14-15-16-17-23-30-28(33)25-31-27-20-18-19-26(24-27)21-22-29(34)32(2)3/h18-20,24,31H,4-17,21-23,25H2,1-3H3,(H,30,33). The number of benzene rings is 1. The predicted molar refractivity (Wildman–Crippen MR) is 145 cm³/mol. The third-order valence-corrected chi connectivity index (χ3v) is 6.36. The largest absolute Gasteiger partial charge is 0.376 e. The number of hydrogen-bond acceptors (Lipinski definition) is 3. The molecule has 1 aromatic carbocycles. The number of carbonyl (C=O) groups excluding carboxylic acids is 2. The minimum atomic E-state index is 0.0304. The van der Waals surface area contributed by atoms with Crippen LogP contribution in [-0.4, -0.2) is 43.9 Å². The Kier molecular flexibility index (Phi) is 17.9. The maximum Gasteiger partial charge on any atom is 0.239 e. The van der Waals surface area contributed by atoms with E-state index >= 15 is 0 Å². The first-order chi connectivity index (χ1) is 16.5. The molecule has 0 heterocycles. The van der Waals surface area contributed by atoms with Crippen molar-refractivity contribution < 1.29 is 9.59 Å². The Labute approximate surface area is 209 Å². The number of aryl methyl sites for hydroxylation is 1. The van der Waals surface area contributed by atoms with Gasteiger partial charge in [-0.2, -0.15) is 0 Å². The average Bonchev–Trinajstić information content (AvgIpc) is 2.83. The number of anilines is 1. The molecule has 0 aromatic heterocycles. The van der Waals surface area contributed by atoms with Crippen molar-refractivity contribution in [3.05, 3.63) is 29.8 Å². The maximum absolute atomic E-state index is 12.1. The van der Waals surface area contributed by atoms with Gasteiger partial charge in [0.1, 0.15) is 0 Å². The van der Waals surface area contributed by atoms with Gasteiger partial charge >= 0.3 is 0 Å². The fourth-order valence-electron chi connectivity index (χ4n) is 4.10. The van der Waals surface area contributed by atoms with Crippen LogP contribution in [0.15, 0.2) is 24.3 Å². The Hall–Kier alpha value is -2.04. The van der Waals surface area contributed by atoms with Crippen LogP contribution in [0, 0.1) is 0 Å². The summed E-state index contributed by atoms with van der Waals surface area (Å²) in [5, 5.41) is 6.20. The second-order valence-electron chi connectivity index (χ2n) is 9.79. The van der Waals surface area contributed by atoms with E-state index < -0.39 is 0 Å². The number of amides is 2. The van der Waals surface area contributed by atoms with Crippen LogP contribution in [0.3, 0.4) is 0 Å². The molecule has 194 valence electrons. The van der Waals surface area contributed by atoms with E-state index in [1.54, 1.807) is 19.0 Å². The molecule has 0 aliphatic rings. The van der Waals surface area contributed by atoms with Crippen LogP contribution in [0.1, 0.15) is 109 Å². The molecule has 5 nitrogen and oxygen atoms in total. The zero-order valence-corrected chi connectivity index (χ0v) is 22.3. The van der Waals surface area contributed by atoms with Gasteiger partial charge in [-0.1, -0.05) is 103 Å². The number of hydrogen-bond donors (Lipinski definition) is 2. The molecule has 0 atom stereocenters. The summed E-state index contributed by atoms with van der Waals surface area (Å²) in [5.74, 6) is 0.157. The van der Waals surface area contributed by atoms with Gasteiger partial charge in [-0.25, -0.2) is 0 Å². The lowest BCUT2D eigenvalue weighted by Crippen LogP contribution is -2.30. The molecule has 0 bridgehead atoms. The van der Waals surface area contributed by atoms with Gasteiger partial charge in [0, 0.05) is 32.7 Å². The lowest BCUT2D eigenvalue weighted by atomic mass is 10.0. The van der Waals surface area contributed by atoms with Crippen LogP contribution in [0.25, 0.3) is 0 Å². The first-order valence-corrected chi connectivity index (χ1v) is 13.8. The minimum Gasteiger partial charge on any atom is -0.376 e. The normalized spacial score (nSPS) is 10.8. The van der Waals surface area contributed by atoms with E-state index in [1.807, 2.05) is 24.3 Å². The van der Waals surface area contributed by atoms with E-state index in [1.165, 1.54) is 83.5 Å². The van der Waals surface area contributed by atoms with E-state index in [4.69, 9.17) is 0 Å². The average molecular weight is 474 g/mol. The van der Waals surface area contributed by atoms with Crippen LogP contribution < -0.4 is 10.6 Å². The van der Waals surface area contributed by atoms with E-state index in [9.17, 15) is 9.59 Å². The van der Waals surface area contributed by atoms with Crippen molar-refractivity contribution in [2.45, 2.75) is 110 Å². The second-order valence-corrected chi connectivity index (χ2v) is 9.79. The molecule has 0 fully saturated rings. The fraction of sp³-hybridized carbons (Fsp3) is 0.724. The minimum absolute atomic E-state index is 0.0304. The summed E-state index contributed by atoms with van der Waals surface area (Å²) in [6.07, 6.45) is 20.0. The van der Waals surface area contributed by atoms with Gasteiger partial charge in [0.2, 0.25) is 11.8 Å². The molecule has 34 heavy (non-hydrogen) atoms. The summed E-state index contributed by atoms with van der Waals surface area (Å²) in [6.45, 7) is 3.31. The zero-order valence-electron chi connectivity index (χ0n) is 22.3. The number of unbranched alkanes of at least 4 members (excludes halogenated alkanes) is 13. The molecular weight excluding hydrogens is 422 g/mol. The van der Waals surface area contributed by atoms with Crippen LogP contribution in [0.2, 0.25) is 0 Å². The van der Waals surface area contributed by atoms with E-state index in [2.05, 4.69) is 17.6 Å². The highest BCUT2D eigenvalue weighted by Crippen LogP contribution is 2.14. The van der Waals surface area contributed by atoms with Gasteiger partial charge < -0.3 is 15.5 Å². The summed E-state index contributed by atoms with van der Waals surface area (Å²) >= 11 is 0. The van der Waals surface area contributed by atoms with E-state index in [-0.39, 0.29) is 18.4 Å². The van der Waals surface area contributed by atoms with Crippen molar-refractivity contribution in [1.29, 1.82) is 0 Å². The summed E-state index contributed by atoms with van der Waals surface area (Å²) < 4.78 is 0. The van der Waals surface area contributed by atoms with Crippen LogP contribution >= 0.6 is 0 Å². The zero-order chi connectivity index (χ0) is 24.9. The Morgan fingerprint density at radius 3 is 1.91 bits per heavy atom. The van der Waals surface area contributed by atoms with Crippen molar-refractivity contribution in [3.8, 4) is 0 Å². The third kappa shape index (κ3) is 16.6. The Morgan fingerprint density at radius 2 is 1.35 bits per heavy atom. The lowest BCUT2D eigenvalue weighted by Gasteiger charge is -2.11. The van der Waals surface area contributed by atoms with Crippen molar-refractivity contribution in [1.82, 2.24) is 10.2 Å². The highest BCUT2D eigenvalue weighted by molar-refractivity contribution is 5.80. The molecule has 0 unspecified atom stereocenters. The van der Waals surface area contributed by atoms with Gasteiger partial charge in [-0.3, -0.25) is 9.59 Å². The van der Waals surface area contributed by atoms with E-state index in [0.717, 1.165) is 24.2 Å². The number of carbonyl (C=O) groups is 2. The summed E-state index contributed by atoms with van der Waals surface area (Å²) in [5.41, 5.74) is 2.02. The number of rotatable bonds is 21. The van der Waals surface area contributed by atoms with Crippen molar-refractivity contribution >= 4 is 17.5 Å². The molecule has 5 heteroatoms. The first kappa shape index (κ1) is 30.0. The molecule has 1 aromatic rings. The molecule has 0 radical (unpaired) electrons. The summed E-state index contributed by atoms with van der Waals surface area (Å²) in [6, 6.07) is 7.95. The van der Waals surface area contributed by atoms with Crippen molar-refractivity contribution in [3.63, 3.8) is 0 Å². The monoisotopic (exact) mass is 473 g/mol. The number of nitrogens with zero attached hydrogens (tertiary/aromatic N) is 1. The van der Waals surface area contributed by atoms with Gasteiger partial charge in [0.05, 0.1) is 6.54 Å². The predicted octanol–water partition coefficient (Wildman–Crippen LogP) is 6.72. The molecule has 2 N–H and O–H groups in total. The molecule has 0 aliphatic carbocycles. The quantitative estimate of drug-likeness (QED) is 0.195.